The molecule has 1 aliphatic rings. The first-order chi connectivity index (χ1) is 29.7. The first-order valence-corrected chi connectivity index (χ1v) is 20.7. The molecule has 5 nitrogen and oxygen atoms in total. The van der Waals surface area contributed by atoms with Crippen molar-refractivity contribution in [1.29, 1.82) is 0 Å². The van der Waals surface area contributed by atoms with Gasteiger partial charge in [-0.15, -0.1) is 48.1 Å². The molecule has 0 amide bonds. The first-order valence-electron chi connectivity index (χ1n) is 22.2. The zero-order valence-electron chi connectivity index (χ0n) is 39.3. The standard InChI is InChI=1S/C55H53N4O.Pt/c1-36-28-52(56-34-47(36)37-22-24-38(25-23-37)53(2,3)4)59-48-19-12-11-18-45(48)46-27-26-44(33-51(46)59)60-43-17-15-16-41(32-43)57-35-58(50-21-14-13-20-49(50)57)42-30-39(54(5,6)7)29-40(31-42)55(8,9)10;/h11-31,34-35H,1-10H3;/q-3;/i1D3;. The fourth-order valence-corrected chi connectivity index (χ4v) is 8.00. The maximum Gasteiger partial charge on any atom is 0.135 e. The van der Waals surface area contributed by atoms with Gasteiger partial charge in [0.15, 0.2) is 0 Å². The summed E-state index contributed by atoms with van der Waals surface area (Å²) < 4.78 is 34.4. The van der Waals surface area contributed by atoms with Crippen LogP contribution in [0, 0.1) is 25.7 Å². The third kappa shape index (κ3) is 8.01. The van der Waals surface area contributed by atoms with Gasteiger partial charge in [0.1, 0.15) is 5.82 Å². The summed E-state index contributed by atoms with van der Waals surface area (Å²) in [6, 6.07) is 50.2. The molecule has 3 heterocycles. The van der Waals surface area contributed by atoms with Crippen molar-refractivity contribution >= 4 is 44.6 Å². The third-order valence-electron chi connectivity index (χ3n) is 11.5. The quantitative estimate of drug-likeness (QED) is 0.156. The molecule has 312 valence electrons. The number of aromatic nitrogens is 2. The van der Waals surface area contributed by atoms with Crippen LogP contribution < -0.4 is 14.5 Å². The van der Waals surface area contributed by atoms with Crippen molar-refractivity contribution in [2.45, 2.75) is 85.4 Å². The van der Waals surface area contributed by atoms with Crippen molar-refractivity contribution in [2.75, 3.05) is 9.80 Å². The predicted molar refractivity (Wildman–Crippen MR) is 250 cm³/mol. The molecule has 6 aromatic carbocycles. The van der Waals surface area contributed by atoms with Crippen LogP contribution in [0.2, 0.25) is 0 Å². The van der Waals surface area contributed by atoms with E-state index in [-0.39, 0.29) is 42.9 Å². The van der Waals surface area contributed by atoms with E-state index < -0.39 is 6.85 Å². The number of fused-ring (bicyclic) bond motifs is 4. The Bertz CT molecular complexity index is 2990. The number of ether oxygens (including phenoxy) is 1. The fourth-order valence-electron chi connectivity index (χ4n) is 8.00. The molecule has 0 saturated heterocycles. The van der Waals surface area contributed by atoms with Crippen LogP contribution in [-0.2, 0) is 37.3 Å². The summed E-state index contributed by atoms with van der Waals surface area (Å²) in [7, 11) is 0. The molecule has 1 aliphatic heterocycles. The molecular formula is C55H53N4OPt-3. The van der Waals surface area contributed by atoms with Crippen molar-refractivity contribution in [3.05, 3.63) is 175 Å². The molecule has 0 N–H and O–H groups in total. The minimum Gasteiger partial charge on any atom is -0.509 e. The molecule has 0 fully saturated rings. The molecule has 0 bridgehead atoms. The average Bonchev–Trinajstić information content (AvgIpc) is 3.78. The van der Waals surface area contributed by atoms with Gasteiger partial charge < -0.3 is 19.1 Å². The Morgan fingerprint density at radius 3 is 1.92 bits per heavy atom. The van der Waals surface area contributed by atoms with Crippen LogP contribution in [0.4, 0.5) is 22.7 Å². The summed E-state index contributed by atoms with van der Waals surface area (Å²) in [5, 5.41) is 1.95. The smallest absolute Gasteiger partial charge is 0.135 e. The molecule has 0 spiro atoms. The molecule has 61 heavy (non-hydrogen) atoms. The molecule has 0 radical (unpaired) electrons. The van der Waals surface area contributed by atoms with Crippen LogP contribution in [0.15, 0.2) is 134 Å². The number of benzene rings is 6. The first kappa shape index (κ1) is 38.3. The third-order valence-corrected chi connectivity index (χ3v) is 11.5. The Morgan fingerprint density at radius 1 is 0.607 bits per heavy atom. The molecule has 0 atom stereocenters. The van der Waals surface area contributed by atoms with Gasteiger partial charge in [0.25, 0.3) is 0 Å². The predicted octanol–water partition coefficient (Wildman–Crippen LogP) is 14.8. The molecule has 8 aromatic rings. The molecule has 0 saturated carbocycles. The van der Waals surface area contributed by atoms with E-state index >= 15 is 0 Å². The van der Waals surface area contributed by atoms with Gasteiger partial charge in [0.2, 0.25) is 0 Å². The maximum atomic E-state index is 8.60. The fraction of sp³-hybridized carbons (Fsp3) is 0.236. The summed E-state index contributed by atoms with van der Waals surface area (Å²) in [5.41, 5.74) is 11.0. The van der Waals surface area contributed by atoms with E-state index in [2.05, 4.69) is 152 Å². The van der Waals surface area contributed by atoms with Gasteiger partial charge in [0.05, 0.1) is 0 Å². The van der Waals surface area contributed by atoms with E-state index in [9.17, 15) is 0 Å². The van der Waals surface area contributed by atoms with E-state index in [1.54, 1.807) is 12.3 Å². The zero-order valence-corrected chi connectivity index (χ0v) is 38.6. The molecule has 9 rings (SSSR count). The zero-order chi connectivity index (χ0) is 44.6. The SMILES string of the molecule is [2H]C([2H])([2H])c1cc(-n2c3[c-]c(Oc4[c-]c(N5[CH-]N(c6cc(C(C)(C)C)cc(C(C)(C)C)c6)c6ccccc65)ccc4)ccc3c3ccccc32)ncc1-c1ccc(C(C)(C)C)cc1.[Pt]. The molecular weight excluding hydrogens is 928 g/mol. The van der Waals surface area contributed by atoms with E-state index in [0.29, 0.717) is 22.9 Å². The number of rotatable bonds is 6. The molecule has 6 heteroatoms. The summed E-state index contributed by atoms with van der Waals surface area (Å²) >= 11 is 0. The maximum absolute atomic E-state index is 8.60. The largest absolute Gasteiger partial charge is 0.509 e. The van der Waals surface area contributed by atoms with E-state index in [1.165, 1.54) is 16.7 Å². The number of anilines is 4. The number of para-hydroxylation sites is 3. The molecule has 2 aromatic heterocycles. The van der Waals surface area contributed by atoms with E-state index in [1.807, 2.05) is 65.2 Å². The van der Waals surface area contributed by atoms with Crippen molar-refractivity contribution < 1.29 is 29.9 Å². The van der Waals surface area contributed by atoms with Gasteiger partial charge in [-0.25, -0.2) is 4.98 Å². The van der Waals surface area contributed by atoms with Gasteiger partial charge in [-0.1, -0.05) is 128 Å². The van der Waals surface area contributed by atoms with Crippen molar-refractivity contribution in [3.8, 4) is 28.4 Å². The topological polar surface area (TPSA) is 33.5 Å². The summed E-state index contributed by atoms with van der Waals surface area (Å²) in [4.78, 5) is 9.35. The second kappa shape index (κ2) is 15.7. The monoisotopic (exact) mass is 983 g/mol. The van der Waals surface area contributed by atoms with E-state index in [4.69, 9.17) is 13.8 Å². The van der Waals surface area contributed by atoms with Crippen molar-refractivity contribution in [2.24, 2.45) is 0 Å². The van der Waals surface area contributed by atoms with E-state index in [0.717, 1.165) is 50.1 Å². The average molecular weight is 984 g/mol. The van der Waals surface area contributed by atoms with Crippen LogP contribution in [0.3, 0.4) is 0 Å². The summed E-state index contributed by atoms with van der Waals surface area (Å²) in [6.07, 6.45) is 1.68. The number of hydrogen-bond acceptors (Lipinski definition) is 4. The van der Waals surface area contributed by atoms with Crippen molar-refractivity contribution in [1.82, 2.24) is 9.55 Å². The van der Waals surface area contributed by atoms with Crippen LogP contribution >= 0.6 is 0 Å². The Labute approximate surface area is 380 Å². The molecule has 0 unspecified atom stereocenters. The summed E-state index contributed by atoms with van der Waals surface area (Å²) in [6.45, 7) is 19.8. The van der Waals surface area contributed by atoms with Gasteiger partial charge in [-0.05, 0) is 92.7 Å². The van der Waals surface area contributed by atoms with Gasteiger partial charge in [-0.2, -0.15) is 12.1 Å². The Hall–Kier alpha value is -5.64. The Morgan fingerprint density at radius 2 is 1.25 bits per heavy atom. The van der Waals surface area contributed by atoms with Gasteiger partial charge >= 0.3 is 0 Å². The van der Waals surface area contributed by atoms with Crippen LogP contribution in [0.5, 0.6) is 11.5 Å². The van der Waals surface area contributed by atoms with Crippen LogP contribution in [0.25, 0.3) is 38.8 Å². The normalized spacial score (nSPS) is 14.1. The number of pyridine rings is 1. The minimum absolute atomic E-state index is 0. The van der Waals surface area contributed by atoms with Gasteiger partial charge in [0, 0.05) is 71.0 Å². The van der Waals surface area contributed by atoms with Crippen molar-refractivity contribution in [3.63, 3.8) is 0 Å². The van der Waals surface area contributed by atoms with Crippen LogP contribution in [-0.4, -0.2) is 9.55 Å². The second-order valence-corrected chi connectivity index (χ2v) is 19.0. The summed E-state index contributed by atoms with van der Waals surface area (Å²) in [5.74, 6) is 1.51. The van der Waals surface area contributed by atoms with Gasteiger partial charge in [-0.3, -0.25) is 0 Å². The number of aryl methyl sites for hydroxylation is 1. The minimum atomic E-state index is -2.39. The number of nitrogens with zero attached hydrogens (tertiary/aromatic N) is 4. The Kier molecular flexibility index (Phi) is 9.84. The number of hydrogen-bond donors (Lipinski definition) is 0. The second-order valence-electron chi connectivity index (χ2n) is 19.0. The van der Waals surface area contributed by atoms with Crippen LogP contribution in [0.1, 0.15) is 88.7 Å². The Balaban J connectivity index is 0.00000560. The molecule has 0 aliphatic carbocycles.